The Morgan fingerprint density at radius 1 is 1.45 bits per heavy atom. The Kier molecular flexibility index (Phi) is 3.30. The molecular formula is C14H15BrN2O3. The van der Waals surface area contributed by atoms with Gasteiger partial charge in [0.25, 0.3) is 11.7 Å². The molecule has 2 atom stereocenters. The van der Waals surface area contributed by atoms with Crippen LogP contribution in [0, 0.1) is 5.92 Å². The number of benzene rings is 1. The first-order chi connectivity index (χ1) is 9.47. The molecule has 106 valence electrons. The molecule has 0 bridgehead atoms. The Labute approximate surface area is 125 Å². The van der Waals surface area contributed by atoms with Gasteiger partial charge in [0.2, 0.25) is 0 Å². The molecule has 2 unspecified atom stereocenters. The maximum atomic E-state index is 11.6. The molecule has 0 spiro atoms. The Morgan fingerprint density at radius 2 is 2.20 bits per heavy atom. The fourth-order valence-electron chi connectivity index (χ4n) is 2.80. The monoisotopic (exact) mass is 338 g/mol. The molecule has 0 aromatic heterocycles. The summed E-state index contributed by atoms with van der Waals surface area (Å²) in [6.45, 7) is 3.44. The van der Waals surface area contributed by atoms with Gasteiger partial charge in [-0.15, -0.1) is 0 Å². The minimum Gasteiger partial charge on any atom is -0.393 e. The van der Waals surface area contributed by atoms with E-state index in [1.54, 1.807) is 6.07 Å². The lowest BCUT2D eigenvalue weighted by Crippen LogP contribution is -2.24. The van der Waals surface area contributed by atoms with Gasteiger partial charge in [-0.25, -0.2) is 0 Å². The highest BCUT2D eigenvalue weighted by Crippen LogP contribution is 2.37. The third-order valence-electron chi connectivity index (χ3n) is 4.03. The molecule has 3 rings (SSSR count). The van der Waals surface area contributed by atoms with Gasteiger partial charge in [0.05, 0.1) is 23.0 Å². The van der Waals surface area contributed by atoms with E-state index in [9.17, 15) is 14.7 Å². The summed E-state index contributed by atoms with van der Waals surface area (Å²) in [4.78, 5) is 25.2. The third kappa shape index (κ3) is 2.13. The predicted octanol–water partition coefficient (Wildman–Crippen LogP) is 1.79. The number of fused-ring (bicyclic) bond motifs is 1. The zero-order valence-electron chi connectivity index (χ0n) is 11.0. The Hall–Kier alpha value is -1.40. The molecule has 1 amide bonds. The SMILES string of the molecule is CC(O)C1CCN(c2cc3c(cc2Br)C(=O)C(=O)N3)C1. The van der Waals surface area contributed by atoms with Crippen LogP contribution < -0.4 is 10.2 Å². The van der Waals surface area contributed by atoms with Crippen LogP contribution in [0.5, 0.6) is 0 Å². The molecule has 2 aliphatic heterocycles. The number of carbonyl (C=O) groups is 2. The zero-order valence-corrected chi connectivity index (χ0v) is 12.6. The molecule has 2 aliphatic rings. The number of halogens is 1. The number of nitrogens with zero attached hydrogens (tertiary/aromatic N) is 1. The number of anilines is 2. The number of ketones is 1. The fraction of sp³-hybridized carbons (Fsp3) is 0.429. The number of hydrogen-bond acceptors (Lipinski definition) is 4. The number of Topliss-reactive ketones (excluding diaryl/α,β-unsaturated/α-hetero) is 1. The van der Waals surface area contributed by atoms with Gasteiger partial charge in [-0.3, -0.25) is 9.59 Å². The molecule has 20 heavy (non-hydrogen) atoms. The van der Waals surface area contributed by atoms with E-state index in [4.69, 9.17) is 0 Å². The number of hydrogen-bond donors (Lipinski definition) is 2. The molecule has 1 aromatic carbocycles. The molecule has 5 nitrogen and oxygen atoms in total. The van der Waals surface area contributed by atoms with Crippen molar-refractivity contribution >= 4 is 39.0 Å². The standard InChI is InChI=1S/C14H15BrN2O3/c1-7(18)8-2-3-17(6-8)12-5-11-9(4-10(12)15)13(19)14(20)16-11/h4-5,7-8,18H,2-3,6H2,1H3,(H,16,19,20). The van der Waals surface area contributed by atoms with Crippen LogP contribution in [0.15, 0.2) is 16.6 Å². The molecule has 0 radical (unpaired) electrons. The highest BCUT2D eigenvalue weighted by Gasteiger charge is 2.32. The Morgan fingerprint density at radius 3 is 2.85 bits per heavy atom. The summed E-state index contributed by atoms with van der Waals surface area (Å²) >= 11 is 3.47. The first-order valence-corrected chi connectivity index (χ1v) is 7.39. The van der Waals surface area contributed by atoms with E-state index in [1.807, 2.05) is 13.0 Å². The van der Waals surface area contributed by atoms with Gasteiger partial charge >= 0.3 is 0 Å². The van der Waals surface area contributed by atoms with E-state index in [1.165, 1.54) is 0 Å². The lowest BCUT2D eigenvalue weighted by molar-refractivity contribution is -0.112. The minimum absolute atomic E-state index is 0.256. The highest BCUT2D eigenvalue weighted by molar-refractivity contribution is 9.10. The van der Waals surface area contributed by atoms with Crippen molar-refractivity contribution in [2.75, 3.05) is 23.3 Å². The second-order valence-electron chi connectivity index (χ2n) is 5.37. The number of carbonyl (C=O) groups excluding carboxylic acids is 2. The van der Waals surface area contributed by atoms with Crippen LogP contribution in [-0.4, -0.2) is 36.0 Å². The summed E-state index contributed by atoms with van der Waals surface area (Å²) in [5.74, 6) is -0.811. The molecule has 1 fully saturated rings. The third-order valence-corrected chi connectivity index (χ3v) is 4.67. The molecule has 2 heterocycles. The summed E-state index contributed by atoms with van der Waals surface area (Å²) in [7, 11) is 0. The predicted molar refractivity (Wildman–Crippen MR) is 79.1 cm³/mol. The van der Waals surface area contributed by atoms with E-state index in [0.717, 1.165) is 29.7 Å². The van der Waals surface area contributed by atoms with Crippen LogP contribution in [0.25, 0.3) is 0 Å². The largest absolute Gasteiger partial charge is 0.393 e. The maximum Gasteiger partial charge on any atom is 0.296 e. The van der Waals surface area contributed by atoms with E-state index < -0.39 is 11.7 Å². The van der Waals surface area contributed by atoms with Crippen molar-refractivity contribution in [1.29, 1.82) is 0 Å². The molecule has 0 aliphatic carbocycles. The van der Waals surface area contributed by atoms with Crippen LogP contribution in [0.3, 0.4) is 0 Å². The van der Waals surface area contributed by atoms with Crippen LogP contribution in [0.2, 0.25) is 0 Å². The molecule has 1 aromatic rings. The van der Waals surface area contributed by atoms with Crippen LogP contribution >= 0.6 is 15.9 Å². The van der Waals surface area contributed by atoms with E-state index in [2.05, 4.69) is 26.1 Å². The normalized spacial score (nSPS) is 22.9. The average Bonchev–Trinajstić information content (AvgIpc) is 2.97. The van der Waals surface area contributed by atoms with E-state index in [0.29, 0.717) is 11.3 Å². The maximum absolute atomic E-state index is 11.6. The summed E-state index contributed by atoms with van der Waals surface area (Å²) < 4.78 is 0.798. The van der Waals surface area contributed by atoms with Crippen molar-refractivity contribution in [1.82, 2.24) is 0 Å². The van der Waals surface area contributed by atoms with Crippen LogP contribution in [-0.2, 0) is 4.79 Å². The van der Waals surface area contributed by atoms with E-state index >= 15 is 0 Å². The first-order valence-electron chi connectivity index (χ1n) is 6.59. The van der Waals surface area contributed by atoms with Gasteiger partial charge in [-0.2, -0.15) is 0 Å². The van der Waals surface area contributed by atoms with Crippen molar-refractivity contribution in [3.05, 3.63) is 22.2 Å². The lowest BCUT2D eigenvalue weighted by Gasteiger charge is -2.21. The van der Waals surface area contributed by atoms with Gasteiger partial charge in [0.15, 0.2) is 0 Å². The molecular weight excluding hydrogens is 324 g/mol. The molecule has 2 N–H and O–H groups in total. The molecule has 0 saturated carbocycles. The first kappa shape index (κ1) is 13.6. The summed E-state index contributed by atoms with van der Waals surface area (Å²) in [5.41, 5.74) is 1.93. The van der Waals surface area contributed by atoms with Gasteiger partial charge in [-0.1, -0.05) is 0 Å². The fourth-order valence-corrected chi connectivity index (χ4v) is 3.39. The zero-order chi connectivity index (χ0) is 14.4. The lowest BCUT2D eigenvalue weighted by atomic mass is 10.0. The molecule has 1 saturated heterocycles. The number of rotatable bonds is 2. The number of aliphatic hydroxyl groups excluding tert-OH is 1. The summed E-state index contributed by atoms with van der Waals surface area (Å²) in [5, 5.41) is 12.3. The summed E-state index contributed by atoms with van der Waals surface area (Å²) in [6.07, 6.45) is 0.612. The summed E-state index contributed by atoms with van der Waals surface area (Å²) in [6, 6.07) is 3.52. The molecule has 6 heteroatoms. The van der Waals surface area contributed by atoms with Gasteiger partial charge in [0.1, 0.15) is 0 Å². The van der Waals surface area contributed by atoms with Crippen LogP contribution in [0.1, 0.15) is 23.7 Å². The number of nitrogens with one attached hydrogen (secondary N) is 1. The van der Waals surface area contributed by atoms with Crippen molar-refractivity contribution in [3.8, 4) is 0 Å². The van der Waals surface area contributed by atoms with Gasteiger partial charge < -0.3 is 15.3 Å². The van der Waals surface area contributed by atoms with Gasteiger partial charge in [0, 0.05) is 23.5 Å². The van der Waals surface area contributed by atoms with E-state index in [-0.39, 0.29) is 12.0 Å². The van der Waals surface area contributed by atoms with Crippen molar-refractivity contribution in [2.24, 2.45) is 5.92 Å². The van der Waals surface area contributed by atoms with Gasteiger partial charge in [-0.05, 0) is 41.4 Å². The number of aliphatic hydroxyl groups is 1. The average molecular weight is 339 g/mol. The smallest absolute Gasteiger partial charge is 0.296 e. The Bertz CT molecular complexity index is 600. The van der Waals surface area contributed by atoms with Crippen molar-refractivity contribution in [3.63, 3.8) is 0 Å². The van der Waals surface area contributed by atoms with Crippen LogP contribution in [0.4, 0.5) is 11.4 Å². The number of amides is 1. The minimum atomic E-state index is -0.577. The topological polar surface area (TPSA) is 69.6 Å². The Balaban J connectivity index is 1.91. The van der Waals surface area contributed by atoms with Crippen molar-refractivity contribution in [2.45, 2.75) is 19.4 Å². The second kappa shape index (κ2) is 4.86. The quantitative estimate of drug-likeness (QED) is 0.806. The highest BCUT2D eigenvalue weighted by atomic mass is 79.9. The van der Waals surface area contributed by atoms with Crippen molar-refractivity contribution < 1.29 is 14.7 Å². The second-order valence-corrected chi connectivity index (χ2v) is 6.22.